The summed E-state index contributed by atoms with van der Waals surface area (Å²) in [6, 6.07) is 0. The minimum atomic E-state index is -2.68. The van der Waals surface area contributed by atoms with Gasteiger partial charge in [0.15, 0.2) is 0 Å². The molecular weight excluding hydrogens is 342 g/mol. The third-order valence-electron chi connectivity index (χ3n) is 4.29. The van der Waals surface area contributed by atoms with E-state index in [4.69, 9.17) is 18.0 Å². The van der Waals surface area contributed by atoms with Gasteiger partial charge in [-0.2, -0.15) is 0 Å². The second-order valence-electron chi connectivity index (χ2n) is 8.27. The molecule has 0 amide bonds. The van der Waals surface area contributed by atoms with E-state index in [1.807, 2.05) is 6.92 Å². The van der Waals surface area contributed by atoms with Gasteiger partial charge >= 0.3 is 8.32 Å². The Labute approximate surface area is 146 Å². The van der Waals surface area contributed by atoms with Gasteiger partial charge in [-0.15, -0.1) is 0 Å². The molecule has 0 aromatic carbocycles. The van der Waals surface area contributed by atoms with Gasteiger partial charge in [-0.25, -0.2) is 0 Å². The van der Waals surface area contributed by atoms with Crippen molar-refractivity contribution in [1.29, 1.82) is 0 Å². The summed E-state index contributed by atoms with van der Waals surface area (Å²) < 4.78 is 25.4. The molecule has 0 saturated carbocycles. The number of hydrogen-bond acceptors (Lipinski definition) is 5. The molecule has 1 aliphatic rings. The molecule has 8 heteroatoms. The molecule has 23 heavy (non-hydrogen) atoms. The fraction of sp³-hybridized carbons (Fsp3) is 1.00. The van der Waals surface area contributed by atoms with Crippen LogP contribution >= 0.6 is 0 Å². The Morgan fingerprint density at radius 1 is 1.17 bits per heavy atom. The van der Waals surface area contributed by atoms with Crippen LogP contribution < -0.4 is 5.73 Å². The molecule has 1 rings (SSSR count). The van der Waals surface area contributed by atoms with Crippen LogP contribution in [0.2, 0.25) is 39.3 Å². The van der Waals surface area contributed by atoms with Crippen molar-refractivity contribution in [2.45, 2.75) is 71.4 Å². The van der Waals surface area contributed by atoms with E-state index in [0.29, 0.717) is 19.8 Å². The molecule has 0 spiro atoms. The molecule has 1 aliphatic heterocycles. The van der Waals surface area contributed by atoms with Crippen molar-refractivity contribution < 1.29 is 18.0 Å². The molecule has 0 aromatic heterocycles. The van der Waals surface area contributed by atoms with E-state index >= 15 is 0 Å². The molecule has 0 aliphatic carbocycles. The SMILES string of the molecule is CCO[Si]1([Si](C)(C)C)OC(C)COCC(C)([Si](C)(C)C)O1.CN. The van der Waals surface area contributed by atoms with Crippen molar-refractivity contribution in [2.24, 2.45) is 5.73 Å². The Hall–Kier alpha value is 0.451. The zero-order valence-electron chi connectivity index (χ0n) is 16.9. The van der Waals surface area contributed by atoms with E-state index in [2.05, 4.69) is 58.9 Å². The largest absolute Gasteiger partial charge is 0.469 e. The fourth-order valence-electron chi connectivity index (χ4n) is 2.24. The maximum atomic E-state index is 6.80. The summed E-state index contributed by atoms with van der Waals surface area (Å²) in [5.41, 5.74) is 4.50. The summed E-state index contributed by atoms with van der Waals surface area (Å²) in [5, 5.41) is -0.269. The van der Waals surface area contributed by atoms with Crippen LogP contribution in [-0.2, 0) is 18.0 Å². The first kappa shape index (κ1) is 23.5. The van der Waals surface area contributed by atoms with Crippen molar-refractivity contribution >= 4 is 24.0 Å². The smallest absolute Gasteiger partial charge is 0.377 e. The zero-order chi connectivity index (χ0) is 18.5. The molecule has 3 atom stereocenters. The lowest BCUT2D eigenvalue weighted by atomic mass is 10.4. The Morgan fingerprint density at radius 3 is 2.09 bits per heavy atom. The lowest BCUT2D eigenvalue weighted by Gasteiger charge is -2.51. The summed E-state index contributed by atoms with van der Waals surface area (Å²) in [7, 11) is -4.54. The maximum absolute atomic E-state index is 6.80. The maximum Gasteiger partial charge on any atom is 0.469 e. The van der Waals surface area contributed by atoms with E-state index in [1.54, 1.807) is 0 Å². The second-order valence-corrected chi connectivity index (χ2v) is 26.5. The number of nitrogens with two attached hydrogens (primary N) is 1. The van der Waals surface area contributed by atoms with Gasteiger partial charge in [-0.1, -0.05) is 39.3 Å². The topological polar surface area (TPSA) is 62.9 Å². The first-order valence-electron chi connectivity index (χ1n) is 8.54. The molecule has 2 N–H and O–H groups in total. The van der Waals surface area contributed by atoms with E-state index in [0.717, 1.165) is 0 Å². The highest BCUT2D eigenvalue weighted by Crippen LogP contribution is 2.36. The minimum Gasteiger partial charge on any atom is -0.377 e. The third-order valence-corrected chi connectivity index (χ3v) is 18.5. The standard InChI is InChI=1S/C14H34O4Si3.CH5N/c1-10-16-21(20(7,8)9)17-13(2)11-15-12-14(3,18-21)19(4,5)6;1-2/h13H,10-12H2,1-9H3;2H2,1H3. The molecule has 0 bridgehead atoms. The van der Waals surface area contributed by atoms with Crippen molar-refractivity contribution in [1.82, 2.24) is 0 Å². The molecule has 0 radical (unpaired) electrons. The van der Waals surface area contributed by atoms with Crippen LogP contribution in [0.4, 0.5) is 0 Å². The third kappa shape index (κ3) is 5.74. The predicted octanol–water partition coefficient (Wildman–Crippen LogP) is 3.04. The summed E-state index contributed by atoms with van der Waals surface area (Å²) in [6.07, 6.45) is 0.0288. The minimum absolute atomic E-state index is 0.0288. The number of hydrogen-bond donors (Lipinski definition) is 1. The van der Waals surface area contributed by atoms with Gasteiger partial charge in [0.05, 0.1) is 32.6 Å². The van der Waals surface area contributed by atoms with Crippen molar-refractivity contribution in [3.05, 3.63) is 0 Å². The number of rotatable bonds is 4. The average molecular weight is 382 g/mol. The van der Waals surface area contributed by atoms with Crippen LogP contribution in [-0.4, -0.2) is 62.2 Å². The van der Waals surface area contributed by atoms with Gasteiger partial charge in [0.2, 0.25) is 0 Å². The molecule has 1 heterocycles. The highest BCUT2D eigenvalue weighted by Gasteiger charge is 2.60. The van der Waals surface area contributed by atoms with E-state index in [-0.39, 0.29) is 11.3 Å². The highest BCUT2D eigenvalue weighted by atomic mass is 29.3. The van der Waals surface area contributed by atoms with Crippen molar-refractivity contribution in [3.63, 3.8) is 0 Å². The highest BCUT2D eigenvalue weighted by molar-refractivity contribution is 7.33. The lowest BCUT2D eigenvalue weighted by molar-refractivity contribution is -0.0815. The Kier molecular flexibility index (Phi) is 8.87. The fourth-order valence-corrected chi connectivity index (χ4v) is 12.6. The quantitative estimate of drug-likeness (QED) is 0.758. The summed E-state index contributed by atoms with van der Waals surface area (Å²) in [6.45, 7) is 22.1. The van der Waals surface area contributed by atoms with Crippen molar-refractivity contribution in [2.75, 3.05) is 26.9 Å². The van der Waals surface area contributed by atoms with Crippen LogP contribution in [0.15, 0.2) is 0 Å². The van der Waals surface area contributed by atoms with Gasteiger partial charge in [-0.3, -0.25) is 0 Å². The normalized spacial score (nSPS) is 33.3. The van der Waals surface area contributed by atoms with Crippen LogP contribution in [0.25, 0.3) is 0 Å². The predicted molar refractivity (Wildman–Crippen MR) is 105 cm³/mol. The second kappa shape index (κ2) is 8.70. The first-order valence-corrected chi connectivity index (χ1v) is 18.3. The molecule has 1 fully saturated rings. The molecular formula is C15H39NO4Si3. The molecule has 1 saturated heterocycles. The van der Waals surface area contributed by atoms with Crippen molar-refractivity contribution in [3.8, 4) is 0 Å². The zero-order valence-corrected chi connectivity index (χ0v) is 19.9. The Morgan fingerprint density at radius 2 is 1.70 bits per heavy atom. The first-order chi connectivity index (χ1) is 10.4. The van der Waals surface area contributed by atoms with E-state index < -0.39 is 24.0 Å². The molecule has 3 unspecified atom stereocenters. The lowest BCUT2D eigenvalue weighted by Crippen LogP contribution is -2.73. The van der Waals surface area contributed by atoms with E-state index in [1.165, 1.54) is 7.05 Å². The molecule has 140 valence electrons. The van der Waals surface area contributed by atoms with Gasteiger partial charge in [-0.05, 0) is 27.8 Å². The van der Waals surface area contributed by atoms with Gasteiger partial charge in [0.25, 0.3) is 0 Å². The van der Waals surface area contributed by atoms with Crippen LogP contribution in [0.1, 0.15) is 20.8 Å². The average Bonchev–Trinajstić information content (AvgIpc) is 2.36. The van der Waals surface area contributed by atoms with Gasteiger partial charge in [0, 0.05) is 6.61 Å². The van der Waals surface area contributed by atoms with E-state index in [9.17, 15) is 0 Å². The number of ether oxygens (including phenoxy) is 1. The summed E-state index contributed by atoms with van der Waals surface area (Å²) >= 11 is 0. The summed E-state index contributed by atoms with van der Waals surface area (Å²) in [5.74, 6) is 0. The molecule has 5 nitrogen and oxygen atoms in total. The Bertz CT molecular complexity index is 360. The van der Waals surface area contributed by atoms with Crippen LogP contribution in [0.3, 0.4) is 0 Å². The Balaban J connectivity index is 0.00000232. The summed E-state index contributed by atoms with van der Waals surface area (Å²) in [4.78, 5) is 0. The van der Waals surface area contributed by atoms with Crippen LogP contribution in [0.5, 0.6) is 0 Å². The molecule has 0 aromatic rings. The van der Waals surface area contributed by atoms with Crippen LogP contribution in [0, 0.1) is 0 Å². The monoisotopic (exact) mass is 381 g/mol. The van der Waals surface area contributed by atoms with Gasteiger partial charge in [0.1, 0.15) is 7.59 Å². The van der Waals surface area contributed by atoms with Gasteiger partial charge < -0.3 is 23.7 Å².